The zero-order chi connectivity index (χ0) is 2.00. The molecule has 0 saturated carbocycles. The minimum Gasteiger partial charge on any atom is 0 e. The van der Waals surface area contributed by atoms with Crippen molar-refractivity contribution in [2.75, 3.05) is 0 Å². The van der Waals surface area contributed by atoms with Crippen molar-refractivity contribution >= 4 is 0 Å². The zero-order valence-corrected chi connectivity index (χ0v) is 7.14. The van der Waals surface area contributed by atoms with Crippen LogP contribution >= 0.6 is 0 Å². The molecular formula is HLiOTiZn. The Hall–Kier alpha value is 1.74. The molecule has 0 aromatic carbocycles. The van der Waals surface area contributed by atoms with Crippen molar-refractivity contribution in [3.63, 3.8) is 0 Å². The summed E-state index contributed by atoms with van der Waals surface area (Å²) in [4.78, 5) is 0. The van der Waals surface area contributed by atoms with Gasteiger partial charge in [0.1, 0.15) is 0 Å². The van der Waals surface area contributed by atoms with E-state index in [4.69, 9.17) is 3.32 Å². The topological polar surface area (TPSA) is 17.1 Å². The van der Waals surface area contributed by atoms with Gasteiger partial charge in [0.2, 0.25) is 0 Å². The normalized spacial score (nSPS) is 0.750. The van der Waals surface area contributed by atoms with Gasteiger partial charge in [-0.2, -0.15) is 0 Å². The second kappa shape index (κ2) is 21.9. The van der Waals surface area contributed by atoms with Crippen molar-refractivity contribution < 1.29 is 63.5 Å². The third-order valence-electron chi connectivity index (χ3n) is 0. The average Bonchev–Trinajstić information content (AvgIpc) is 1.00. The predicted molar refractivity (Wildman–Crippen MR) is 1.80 cm³/mol. The molecule has 4 heavy (non-hydrogen) atoms. The molecule has 0 amide bonds. The van der Waals surface area contributed by atoms with Gasteiger partial charge in [-0.05, 0) is 0 Å². The van der Waals surface area contributed by atoms with Gasteiger partial charge in [-0.15, -0.1) is 0 Å². The van der Waals surface area contributed by atoms with E-state index in [2.05, 4.69) is 0 Å². The molecule has 0 aliphatic carbocycles. The van der Waals surface area contributed by atoms with Gasteiger partial charge < -0.3 is 1.43 Å². The predicted octanol–water partition coefficient (Wildman–Crippen LogP) is -3.01. The Morgan fingerprint density at radius 3 is 1.50 bits per heavy atom. The molecule has 0 aliphatic heterocycles. The Kier molecular flexibility index (Phi) is 94.3. The summed E-state index contributed by atoms with van der Waals surface area (Å²) >= 11 is 0.750. The van der Waals surface area contributed by atoms with E-state index in [1.165, 1.54) is 0 Å². The van der Waals surface area contributed by atoms with Gasteiger partial charge in [-0.1, -0.05) is 0 Å². The molecule has 0 bridgehead atoms. The van der Waals surface area contributed by atoms with Gasteiger partial charge in [0.05, 0.1) is 0 Å². The minimum atomic E-state index is 0. The van der Waals surface area contributed by atoms with Gasteiger partial charge in [0.25, 0.3) is 0 Å². The maximum atomic E-state index is 8.25. The molecule has 0 radical (unpaired) electrons. The Labute approximate surface area is 63.1 Å². The second-order valence-electron chi connectivity index (χ2n) is 0. The first-order chi connectivity index (χ1) is 1.00. The van der Waals surface area contributed by atoms with Crippen LogP contribution in [0.1, 0.15) is 1.43 Å². The molecule has 0 aromatic heterocycles. The maximum Gasteiger partial charge on any atom is 0 e. The van der Waals surface area contributed by atoms with Crippen molar-refractivity contribution in [1.82, 2.24) is 0 Å². The van der Waals surface area contributed by atoms with E-state index in [-0.39, 0.29) is 39.8 Å². The molecular weight excluding hydrogens is 136 g/mol. The van der Waals surface area contributed by atoms with Crippen LogP contribution in [0.25, 0.3) is 0 Å². The largest absolute Gasteiger partial charge is 0 e. The first kappa shape index (κ1) is 17.2. The van der Waals surface area contributed by atoms with Gasteiger partial charge >= 0.3 is 42.6 Å². The number of hydrogen-bond acceptors (Lipinski definition) is 1. The van der Waals surface area contributed by atoms with E-state index in [1.807, 2.05) is 0 Å². The summed E-state index contributed by atoms with van der Waals surface area (Å²) in [5, 5.41) is 0. The Bertz CT molecular complexity index is 11.6. The van der Waals surface area contributed by atoms with Crippen LogP contribution in [0.2, 0.25) is 0 Å². The summed E-state index contributed by atoms with van der Waals surface area (Å²) in [6.45, 7) is 0. The van der Waals surface area contributed by atoms with Crippen LogP contribution in [0.3, 0.4) is 0 Å². The van der Waals surface area contributed by atoms with Crippen molar-refractivity contribution in [2.45, 2.75) is 0 Å². The van der Waals surface area contributed by atoms with Crippen molar-refractivity contribution in [1.29, 1.82) is 0 Å². The summed E-state index contributed by atoms with van der Waals surface area (Å²) in [5.41, 5.74) is 0. The van der Waals surface area contributed by atoms with Gasteiger partial charge in [0, 0.05) is 19.5 Å². The van der Waals surface area contributed by atoms with Crippen LogP contribution in [0.5, 0.6) is 0 Å². The molecule has 1 nitrogen and oxygen atoms in total. The average molecular weight is 137 g/mol. The number of hydrogen-bond donors (Lipinski definition) is 0. The summed E-state index contributed by atoms with van der Waals surface area (Å²) in [6, 6.07) is 0. The molecule has 0 N–H and O–H groups in total. The van der Waals surface area contributed by atoms with Crippen LogP contribution in [0, 0.1) is 0 Å². The van der Waals surface area contributed by atoms with Crippen molar-refractivity contribution in [3.05, 3.63) is 0 Å². The van der Waals surface area contributed by atoms with Crippen LogP contribution in [-0.2, 0) is 43.2 Å². The summed E-state index contributed by atoms with van der Waals surface area (Å²) in [7, 11) is 0. The molecule has 0 aliphatic rings. The Balaban J connectivity index is -0.00000000167. The van der Waals surface area contributed by atoms with Crippen molar-refractivity contribution in [3.8, 4) is 0 Å². The molecule has 0 saturated heterocycles. The van der Waals surface area contributed by atoms with Gasteiger partial charge in [-0.3, -0.25) is 0 Å². The van der Waals surface area contributed by atoms with Crippen LogP contribution in [-0.4, -0.2) is 0 Å². The number of rotatable bonds is 0. The van der Waals surface area contributed by atoms with Gasteiger partial charge in [-0.25, -0.2) is 0 Å². The van der Waals surface area contributed by atoms with E-state index in [1.54, 1.807) is 0 Å². The second-order valence-corrected chi connectivity index (χ2v) is 0. The first-order valence-corrected chi connectivity index (χ1v) is 0.842. The fraction of sp³-hybridized carbons (Fsp3) is 0. The van der Waals surface area contributed by atoms with Crippen LogP contribution < -0.4 is 18.9 Å². The maximum absolute atomic E-state index is 8.25. The molecule has 0 fully saturated rings. The summed E-state index contributed by atoms with van der Waals surface area (Å²) < 4.78 is 8.25. The van der Waals surface area contributed by atoms with Crippen LogP contribution in [0.15, 0.2) is 0 Å². The third-order valence-corrected chi connectivity index (χ3v) is 0. The summed E-state index contributed by atoms with van der Waals surface area (Å²) in [6.07, 6.45) is 0. The first-order valence-electron chi connectivity index (χ1n) is 0.204. The fourth-order valence-corrected chi connectivity index (χ4v) is 0. The zero-order valence-electron chi connectivity index (χ0n) is 3.62. The smallest absolute Gasteiger partial charge is 0 e. The third kappa shape index (κ3) is 9.28. The van der Waals surface area contributed by atoms with Crippen LogP contribution in [0.4, 0.5) is 0 Å². The van der Waals surface area contributed by atoms with E-state index >= 15 is 0 Å². The molecule has 0 aromatic rings. The van der Waals surface area contributed by atoms with E-state index in [9.17, 15) is 0 Å². The molecule has 0 unspecified atom stereocenters. The molecule has 0 spiro atoms. The summed E-state index contributed by atoms with van der Waals surface area (Å²) in [5.74, 6) is 0. The quantitative estimate of drug-likeness (QED) is 0.325. The van der Waals surface area contributed by atoms with E-state index in [0.717, 1.165) is 20.4 Å². The monoisotopic (exact) mass is 136 g/mol. The Morgan fingerprint density at radius 2 is 1.50 bits per heavy atom. The minimum absolute atomic E-state index is 0. The standard InChI is InChI=1S/Li.O.Ti.Zn.H/q+1;;;;-1. The molecule has 4 heteroatoms. The van der Waals surface area contributed by atoms with Gasteiger partial charge in [0.15, 0.2) is 0 Å². The van der Waals surface area contributed by atoms with Crippen molar-refractivity contribution in [2.24, 2.45) is 0 Å². The SMILES string of the molecule is [H-].[Li+].[O]=[Ti].[Zn]. The Morgan fingerprint density at radius 1 is 1.50 bits per heavy atom. The molecule has 0 heterocycles. The molecule has 0 rings (SSSR count). The van der Waals surface area contributed by atoms with E-state index in [0.29, 0.717) is 0 Å². The molecule has 14 valence electrons. The van der Waals surface area contributed by atoms with E-state index < -0.39 is 0 Å². The fourth-order valence-electron chi connectivity index (χ4n) is 0. The molecule has 0 atom stereocenters.